The lowest BCUT2D eigenvalue weighted by Crippen LogP contribution is -2.50. The van der Waals surface area contributed by atoms with Crippen molar-refractivity contribution in [3.63, 3.8) is 0 Å². The van der Waals surface area contributed by atoms with Gasteiger partial charge in [0, 0.05) is 24.6 Å². The molecule has 11 heteroatoms. The number of halogens is 2. The van der Waals surface area contributed by atoms with Crippen molar-refractivity contribution in [1.82, 2.24) is 14.1 Å². The molecule has 1 aromatic heterocycles. The van der Waals surface area contributed by atoms with Crippen molar-refractivity contribution in [1.29, 1.82) is 0 Å². The molecule has 5 rings (SSSR count). The third-order valence-corrected chi connectivity index (χ3v) is 7.87. The van der Waals surface area contributed by atoms with Gasteiger partial charge in [-0.1, -0.05) is 25.1 Å². The molecule has 1 saturated carbocycles. The fraction of sp³-hybridized carbons (Fsp3) is 0.385. The molecule has 1 aliphatic heterocycles. The summed E-state index contributed by atoms with van der Waals surface area (Å²) in [4.78, 5) is 15.4. The second-order valence-electron chi connectivity index (χ2n) is 9.62. The largest absolute Gasteiger partial charge is 0.595 e. The van der Waals surface area contributed by atoms with Crippen LogP contribution in [0.3, 0.4) is 0 Å². The molecule has 0 unspecified atom stereocenters. The predicted octanol–water partition coefficient (Wildman–Crippen LogP) is 3.51. The van der Waals surface area contributed by atoms with Gasteiger partial charge in [-0.05, 0) is 37.1 Å². The van der Waals surface area contributed by atoms with Crippen molar-refractivity contribution in [2.45, 2.75) is 19.8 Å². The first kappa shape index (κ1) is 25.5. The topological polar surface area (TPSA) is 82.9 Å². The molecule has 0 spiro atoms. The van der Waals surface area contributed by atoms with Gasteiger partial charge in [0.2, 0.25) is 5.75 Å². The summed E-state index contributed by atoms with van der Waals surface area (Å²) >= 11 is -1.33. The van der Waals surface area contributed by atoms with Crippen LogP contribution in [0.25, 0.3) is 5.69 Å². The molecular formula is C26H28F2N4O4S. The van der Waals surface area contributed by atoms with E-state index in [1.807, 2.05) is 39.5 Å². The van der Waals surface area contributed by atoms with E-state index in [-0.39, 0.29) is 22.8 Å². The summed E-state index contributed by atoms with van der Waals surface area (Å²) in [5.41, 5.74) is -0.0885. The Bertz CT molecular complexity index is 1280. The second-order valence-corrected chi connectivity index (χ2v) is 11.0. The van der Waals surface area contributed by atoms with Crippen LogP contribution in [0.15, 0.2) is 59.5 Å². The fourth-order valence-corrected chi connectivity index (χ4v) is 5.04. The third-order valence-electron chi connectivity index (χ3n) is 6.61. The molecule has 0 amide bonds. The summed E-state index contributed by atoms with van der Waals surface area (Å²) in [5, 5.41) is 4.20. The van der Waals surface area contributed by atoms with E-state index in [1.165, 1.54) is 6.20 Å². The maximum Gasteiger partial charge on any atom is 0.316 e. The zero-order chi connectivity index (χ0) is 26.0. The summed E-state index contributed by atoms with van der Waals surface area (Å²) in [6.45, 7) is 4.40. The van der Waals surface area contributed by atoms with Gasteiger partial charge in [-0.15, -0.1) is 4.31 Å². The van der Waals surface area contributed by atoms with E-state index >= 15 is 0 Å². The normalized spacial score (nSPS) is 17.9. The van der Waals surface area contributed by atoms with Crippen molar-refractivity contribution < 1.29 is 22.8 Å². The van der Waals surface area contributed by atoms with E-state index in [2.05, 4.69) is 12.0 Å². The van der Waals surface area contributed by atoms with Gasteiger partial charge in [0.25, 0.3) is 5.94 Å². The van der Waals surface area contributed by atoms with Crippen LogP contribution in [-0.2, 0) is 11.4 Å². The van der Waals surface area contributed by atoms with Crippen LogP contribution >= 0.6 is 0 Å². The van der Waals surface area contributed by atoms with Gasteiger partial charge < -0.3 is 18.9 Å². The first-order valence-electron chi connectivity index (χ1n) is 12.1. The summed E-state index contributed by atoms with van der Waals surface area (Å²) in [6, 6.07) is 12.1. The van der Waals surface area contributed by atoms with Crippen LogP contribution in [0.5, 0.6) is 11.5 Å². The number of rotatable bonds is 9. The summed E-state index contributed by atoms with van der Waals surface area (Å²) < 4.78 is 54.8. The molecule has 8 nitrogen and oxygen atoms in total. The van der Waals surface area contributed by atoms with Gasteiger partial charge in [0.1, 0.15) is 23.1 Å². The number of benzene rings is 2. The van der Waals surface area contributed by atoms with Crippen LogP contribution in [0.1, 0.15) is 19.8 Å². The first-order chi connectivity index (χ1) is 17.8. The third kappa shape index (κ3) is 6.06. The Labute approximate surface area is 216 Å². The lowest BCUT2D eigenvalue weighted by molar-refractivity contribution is 0.242. The maximum absolute atomic E-state index is 13.8. The van der Waals surface area contributed by atoms with E-state index in [1.54, 1.807) is 0 Å². The van der Waals surface area contributed by atoms with Crippen molar-refractivity contribution in [2.24, 2.45) is 5.41 Å². The summed E-state index contributed by atoms with van der Waals surface area (Å²) in [6.07, 6.45) is 3.50. The van der Waals surface area contributed by atoms with Crippen LogP contribution in [0.4, 0.5) is 14.5 Å². The molecule has 2 fully saturated rings. The number of aromatic nitrogens is 2. The Balaban J connectivity index is 1.32. The van der Waals surface area contributed by atoms with Crippen LogP contribution in [-0.4, -0.2) is 57.4 Å². The van der Waals surface area contributed by atoms with Crippen molar-refractivity contribution in [2.75, 3.05) is 43.6 Å². The Morgan fingerprint density at radius 1 is 1.03 bits per heavy atom. The van der Waals surface area contributed by atoms with Crippen LogP contribution in [0.2, 0.25) is 0 Å². The highest BCUT2D eigenvalue weighted by Crippen LogP contribution is 2.45. The quantitative estimate of drug-likeness (QED) is 0.392. The molecule has 2 aliphatic rings. The first-order valence-corrected chi connectivity index (χ1v) is 13.4. The smallest absolute Gasteiger partial charge is 0.316 e. The molecule has 0 bridgehead atoms. The molecule has 0 N–H and O–H groups in total. The average Bonchev–Trinajstić information content (AvgIpc) is 3.63. The number of hydrogen-bond donors (Lipinski definition) is 0. The molecule has 1 aliphatic carbocycles. The molecule has 1 atom stereocenters. The van der Waals surface area contributed by atoms with Gasteiger partial charge in [-0.3, -0.25) is 4.79 Å². The number of nitrogens with zero attached hydrogens (tertiary/aromatic N) is 4. The Morgan fingerprint density at radius 2 is 1.70 bits per heavy atom. The molecule has 37 heavy (non-hydrogen) atoms. The minimum Gasteiger partial charge on any atom is -0.595 e. The number of ether oxygens (including phenoxy) is 2. The van der Waals surface area contributed by atoms with E-state index in [0.29, 0.717) is 44.2 Å². The van der Waals surface area contributed by atoms with Gasteiger partial charge >= 0.3 is 5.56 Å². The fourth-order valence-electron chi connectivity index (χ4n) is 4.08. The van der Waals surface area contributed by atoms with Gasteiger partial charge in [-0.2, -0.15) is 9.78 Å². The van der Waals surface area contributed by atoms with Crippen molar-refractivity contribution in [3.05, 3.63) is 76.7 Å². The standard InChI is InChI=1S/C26H28F2N4O4S/c1-26(7-8-26)17-35-24-23(16-29-32(25(24)33)21-14-19(27)13-20(28)15-21)30-9-11-31(12-10-30)37(34)18-36-22-5-3-2-4-6-22/h2-6,13-16H,7-12,17-18H2,1H3/t37-/m1/s1. The highest BCUT2D eigenvalue weighted by molar-refractivity contribution is 7.88. The van der Waals surface area contributed by atoms with E-state index in [9.17, 15) is 18.1 Å². The molecular weight excluding hydrogens is 502 g/mol. The zero-order valence-electron chi connectivity index (χ0n) is 20.4. The minimum atomic E-state index is -1.33. The molecule has 2 aromatic carbocycles. The number of piperazine rings is 1. The number of anilines is 1. The van der Waals surface area contributed by atoms with E-state index < -0.39 is 28.6 Å². The van der Waals surface area contributed by atoms with E-state index in [4.69, 9.17) is 9.47 Å². The summed E-state index contributed by atoms with van der Waals surface area (Å²) in [5.74, 6) is -0.805. The highest BCUT2D eigenvalue weighted by Gasteiger charge is 2.39. The highest BCUT2D eigenvalue weighted by atomic mass is 32.2. The Hall–Kier alpha value is -3.15. The van der Waals surface area contributed by atoms with Gasteiger partial charge in [0.15, 0.2) is 0 Å². The number of hydrogen-bond acceptors (Lipinski definition) is 7. The van der Waals surface area contributed by atoms with Crippen molar-refractivity contribution in [3.8, 4) is 17.2 Å². The monoisotopic (exact) mass is 530 g/mol. The maximum atomic E-state index is 13.8. The lowest BCUT2D eigenvalue weighted by atomic mass is 10.2. The Morgan fingerprint density at radius 3 is 2.35 bits per heavy atom. The molecule has 0 radical (unpaired) electrons. The lowest BCUT2D eigenvalue weighted by Gasteiger charge is -2.35. The molecule has 196 valence electrons. The molecule has 3 aromatic rings. The Kier molecular flexibility index (Phi) is 7.36. The molecule has 1 saturated heterocycles. The van der Waals surface area contributed by atoms with Gasteiger partial charge in [-0.25, -0.2) is 8.78 Å². The number of para-hydroxylation sites is 1. The average molecular weight is 531 g/mol. The molecule has 2 heterocycles. The van der Waals surface area contributed by atoms with E-state index in [0.717, 1.165) is 35.7 Å². The van der Waals surface area contributed by atoms with Gasteiger partial charge in [0.05, 0.1) is 42.9 Å². The summed E-state index contributed by atoms with van der Waals surface area (Å²) in [7, 11) is 0. The predicted molar refractivity (Wildman–Crippen MR) is 136 cm³/mol. The minimum absolute atomic E-state index is 0.0110. The zero-order valence-corrected chi connectivity index (χ0v) is 21.3. The van der Waals surface area contributed by atoms with Crippen LogP contribution in [0, 0.1) is 17.0 Å². The van der Waals surface area contributed by atoms with Crippen LogP contribution < -0.4 is 19.9 Å². The second kappa shape index (κ2) is 10.7. The van der Waals surface area contributed by atoms with Crippen molar-refractivity contribution >= 4 is 17.0 Å². The SMILES string of the molecule is CC1(COc2c(N3CCN([S@+]([O-])COc4ccccc4)CC3)cnn(-c3cc(F)cc(F)c3)c2=O)CC1.